The Balaban J connectivity index is 1.95. The quantitative estimate of drug-likeness (QED) is 0.751. The van der Waals surface area contributed by atoms with E-state index in [1.165, 1.54) is 16.4 Å². The van der Waals surface area contributed by atoms with Gasteiger partial charge in [0.15, 0.2) is 0 Å². The van der Waals surface area contributed by atoms with Gasteiger partial charge in [0.2, 0.25) is 15.9 Å². The van der Waals surface area contributed by atoms with Crippen molar-refractivity contribution in [1.82, 2.24) is 9.62 Å². The second-order valence-electron chi connectivity index (χ2n) is 6.61. The Morgan fingerprint density at radius 2 is 1.96 bits per heavy atom. The van der Waals surface area contributed by atoms with E-state index in [-0.39, 0.29) is 29.8 Å². The number of amides is 1. The highest BCUT2D eigenvalue weighted by atomic mass is 32.2. The van der Waals surface area contributed by atoms with Gasteiger partial charge in [-0.1, -0.05) is 25.8 Å². The number of aryl methyl sites for hydroxylation is 1. The van der Waals surface area contributed by atoms with Crippen LogP contribution in [0.5, 0.6) is 0 Å². The lowest BCUT2D eigenvalue weighted by Crippen LogP contribution is -2.43. The molecule has 1 heterocycles. The largest absolute Gasteiger partial charge is 0.356 e. The first-order valence-electron chi connectivity index (χ1n) is 8.90. The summed E-state index contributed by atoms with van der Waals surface area (Å²) in [6, 6.07) is 4.08. The molecule has 140 valence electrons. The van der Waals surface area contributed by atoms with Crippen LogP contribution in [0.4, 0.5) is 4.39 Å². The van der Waals surface area contributed by atoms with Crippen molar-refractivity contribution in [2.45, 2.75) is 50.8 Å². The van der Waals surface area contributed by atoms with Gasteiger partial charge >= 0.3 is 0 Å². The molecule has 1 N–H and O–H groups in total. The zero-order chi connectivity index (χ0) is 18.4. The zero-order valence-electron chi connectivity index (χ0n) is 14.9. The predicted octanol–water partition coefficient (Wildman–Crippen LogP) is 2.84. The molecule has 2 rings (SSSR count). The summed E-state index contributed by atoms with van der Waals surface area (Å²) in [5, 5.41) is 2.92. The minimum absolute atomic E-state index is 0.00473. The van der Waals surface area contributed by atoms with Crippen molar-refractivity contribution >= 4 is 15.9 Å². The Kier molecular flexibility index (Phi) is 6.95. The fourth-order valence-electron chi connectivity index (χ4n) is 3.04. The van der Waals surface area contributed by atoms with Gasteiger partial charge in [-0.3, -0.25) is 4.79 Å². The van der Waals surface area contributed by atoms with Crippen LogP contribution >= 0.6 is 0 Å². The van der Waals surface area contributed by atoms with E-state index in [4.69, 9.17) is 0 Å². The van der Waals surface area contributed by atoms with Gasteiger partial charge in [0, 0.05) is 25.6 Å². The van der Waals surface area contributed by atoms with Crippen LogP contribution in [0.1, 0.15) is 44.6 Å². The molecule has 1 aromatic carbocycles. The predicted molar refractivity (Wildman–Crippen MR) is 95.2 cm³/mol. The summed E-state index contributed by atoms with van der Waals surface area (Å²) in [4.78, 5) is 11.9. The van der Waals surface area contributed by atoms with Crippen LogP contribution in [0.25, 0.3) is 0 Å². The van der Waals surface area contributed by atoms with E-state index >= 15 is 0 Å². The molecule has 1 amide bonds. The van der Waals surface area contributed by atoms with Crippen LogP contribution in [-0.4, -0.2) is 38.3 Å². The first-order valence-corrected chi connectivity index (χ1v) is 10.3. The number of unbranched alkanes of at least 4 members (excludes halogenated alkanes) is 2. The molecule has 0 radical (unpaired) electrons. The van der Waals surface area contributed by atoms with Crippen molar-refractivity contribution < 1.29 is 17.6 Å². The Bertz CT molecular complexity index is 698. The molecule has 1 fully saturated rings. The molecule has 0 spiro atoms. The molecule has 1 saturated heterocycles. The van der Waals surface area contributed by atoms with Gasteiger partial charge in [-0.2, -0.15) is 4.31 Å². The number of benzene rings is 1. The monoisotopic (exact) mass is 370 g/mol. The van der Waals surface area contributed by atoms with E-state index in [9.17, 15) is 17.6 Å². The van der Waals surface area contributed by atoms with Gasteiger partial charge in [-0.05, 0) is 43.9 Å². The Morgan fingerprint density at radius 1 is 1.28 bits per heavy atom. The molecule has 1 aromatic rings. The van der Waals surface area contributed by atoms with Crippen molar-refractivity contribution in [2.24, 2.45) is 5.92 Å². The summed E-state index contributed by atoms with van der Waals surface area (Å²) < 4.78 is 40.6. The highest BCUT2D eigenvalue weighted by molar-refractivity contribution is 7.89. The second kappa shape index (κ2) is 8.76. The van der Waals surface area contributed by atoms with Crippen LogP contribution < -0.4 is 5.32 Å². The van der Waals surface area contributed by atoms with E-state index in [2.05, 4.69) is 12.2 Å². The van der Waals surface area contributed by atoms with Crippen LogP contribution in [-0.2, 0) is 14.8 Å². The number of halogens is 1. The van der Waals surface area contributed by atoms with Crippen LogP contribution in [0.2, 0.25) is 0 Å². The zero-order valence-corrected chi connectivity index (χ0v) is 15.7. The maximum absolute atomic E-state index is 14.0. The van der Waals surface area contributed by atoms with Crippen molar-refractivity contribution in [3.63, 3.8) is 0 Å². The number of carbonyl (C=O) groups is 1. The number of hydrogen-bond acceptors (Lipinski definition) is 3. The molecular formula is C18H27FN2O3S. The van der Waals surface area contributed by atoms with Crippen molar-refractivity contribution in [1.29, 1.82) is 0 Å². The molecule has 0 aromatic heterocycles. The molecule has 25 heavy (non-hydrogen) atoms. The van der Waals surface area contributed by atoms with Gasteiger partial charge in [0.25, 0.3) is 0 Å². The molecule has 7 heteroatoms. The van der Waals surface area contributed by atoms with Gasteiger partial charge < -0.3 is 5.32 Å². The van der Waals surface area contributed by atoms with E-state index in [0.29, 0.717) is 24.9 Å². The lowest BCUT2D eigenvalue weighted by Gasteiger charge is -2.30. The highest BCUT2D eigenvalue weighted by Gasteiger charge is 2.33. The first-order chi connectivity index (χ1) is 11.9. The Labute approximate surface area is 149 Å². The smallest absolute Gasteiger partial charge is 0.245 e. The summed E-state index contributed by atoms with van der Waals surface area (Å²) in [6.45, 7) is 4.98. The van der Waals surface area contributed by atoms with E-state index < -0.39 is 15.8 Å². The van der Waals surface area contributed by atoms with Gasteiger partial charge in [-0.15, -0.1) is 0 Å². The summed E-state index contributed by atoms with van der Waals surface area (Å²) in [5.41, 5.74) is 0.696. The first kappa shape index (κ1) is 19.8. The normalized spacial score (nSPS) is 16.8. The number of piperidine rings is 1. The molecule has 1 aliphatic rings. The molecule has 0 aliphatic carbocycles. The minimum atomic E-state index is -3.86. The summed E-state index contributed by atoms with van der Waals surface area (Å²) in [6.07, 6.45) is 4.07. The third-order valence-corrected chi connectivity index (χ3v) is 6.52. The lowest BCUT2D eigenvalue weighted by molar-refractivity contribution is -0.126. The number of sulfonamides is 1. The Morgan fingerprint density at radius 3 is 2.60 bits per heavy atom. The van der Waals surface area contributed by atoms with Gasteiger partial charge in [-0.25, -0.2) is 12.8 Å². The average Bonchev–Trinajstić information content (AvgIpc) is 2.60. The lowest BCUT2D eigenvalue weighted by atomic mass is 9.97. The molecule has 0 bridgehead atoms. The molecule has 0 saturated carbocycles. The maximum atomic E-state index is 14.0. The van der Waals surface area contributed by atoms with E-state index in [0.717, 1.165) is 19.3 Å². The second-order valence-corrected chi connectivity index (χ2v) is 8.52. The fraction of sp³-hybridized carbons (Fsp3) is 0.611. The third kappa shape index (κ3) is 5.01. The highest BCUT2D eigenvalue weighted by Crippen LogP contribution is 2.26. The van der Waals surface area contributed by atoms with E-state index in [1.807, 2.05) is 0 Å². The molecule has 0 atom stereocenters. The summed E-state index contributed by atoms with van der Waals surface area (Å²) in [5.74, 6) is -0.910. The van der Waals surface area contributed by atoms with Gasteiger partial charge in [0.05, 0.1) is 0 Å². The Hall–Kier alpha value is -1.47. The standard InChI is InChI=1S/C18H27FN2O3S/c1-3-4-5-10-20-18(22)15-8-11-21(12-9-15)25(23,24)17-13-14(2)6-7-16(17)19/h6-7,13,15H,3-5,8-12H2,1-2H3,(H,20,22). The molecule has 5 nitrogen and oxygen atoms in total. The number of nitrogens with one attached hydrogen (secondary N) is 1. The number of rotatable bonds is 7. The minimum Gasteiger partial charge on any atom is -0.356 e. The van der Waals surface area contributed by atoms with Crippen LogP contribution in [0.15, 0.2) is 23.1 Å². The molecular weight excluding hydrogens is 343 g/mol. The van der Waals surface area contributed by atoms with Crippen LogP contribution in [0.3, 0.4) is 0 Å². The summed E-state index contributed by atoms with van der Waals surface area (Å²) in [7, 11) is -3.86. The van der Waals surface area contributed by atoms with E-state index in [1.54, 1.807) is 13.0 Å². The average molecular weight is 370 g/mol. The summed E-state index contributed by atoms with van der Waals surface area (Å²) >= 11 is 0. The van der Waals surface area contributed by atoms with Crippen molar-refractivity contribution in [2.75, 3.05) is 19.6 Å². The third-order valence-electron chi connectivity index (χ3n) is 4.61. The van der Waals surface area contributed by atoms with Gasteiger partial charge in [0.1, 0.15) is 10.7 Å². The maximum Gasteiger partial charge on any atom is 0.245 e. The van der Waals surface area contributed by atoms with Crippen molar-refractivity contribution in [3.05, 3.63) is 29.6 Å². The number of hydrogen-bond donors (Lipinski definition) is 1. The van der Waals surface area contributed by atoms with Crippen molar-refractivity contribution in [3.8, 4) is 0 Å². The molecule has 1 aliphatic heterocycles. The number of nitrogens with zero attached hydrogens (tertiary/aromatic N) is 1. The fourth-order valence-corrected chi connectivity index (χ4v) is 4.66. The van der Waals surface area contributed by atoms with Crippen LogP contribution in [0, 0.1) is 18.7 Å². The topological polar surface area (TPSA) is 66.5 Å². The number of carbonyl (C=O) groups excluding carboxylic acids is 1. The molecule has 0 unspecified atom stereocenters. The SMILES string of the molecule is CCCCCNC(=O)C1CCN(S(=O)(=O)c2cc(C)ccc2F)CC1.